The smallest absolute Gasteiger partial charge is 0.248 e. The summed E-state index contributed by atoms with van der Waals surface area (Å²) in [5, 5.41) is 5.38. The second-order valence-electron chi connectivity index (χ2n) is 9.51. The first-order chi connectivity index (χ1) is 16.3. The number of carbonyl (C=O) groups excluding carboxylic acids is 2. The van der Waals surface area contributed by atoms with E-state index < -0.39 is 5.92 Å². The lowest BCUT2D eigenvalue weighted by Crippen LogP contribution is -2.29. The highest BCUT2D eigenvalue weighted by atomic mass is 19.3. The molecule has 1 saturated heterocycles. The van der Waals surface area contributed by atoms with Crippen LogP contribution in [0.2, 0.25) is 0 Å². The first kappa shape index (κ1) is 22.5. The van der Waals surface area contributed by atoms with Crippen LogP contribution >= 0.6 is 0 Å². The van der Waals surface area contributed by atoms with Crippen molar-refractivity contribution in [3.05, 3.63) is 60.3 Å². The molecule has 34 heavy (non-hydrogen) atoms. The summed E-state index contributed by atoms with van der Waals surface area (Å²) in [5.74, 6) is -2.97. The Labute approximate surface area is 196 Å². The van der Waals surface area contributed by atoms with Crippen molar-refractivity contribution in [2.75, 3.05) is 4.90 Å². The highest BCUT2D eigenvalue weighted by Crippen LogP contribution is 2.44. The molecular formula is C26H28F2N4O2. The van der Waals surface area contributed by atoms with Gasteiger partial charge in [0.2, 0.25) is 17.7 Å². The summed E-state index contributed by atoms with van der Waals surface area (Å²) < 4.78 is 29.1. The second kappa shape index (κ2) is 8.81. The molecule has 2 unspecified atom stereocenters. The molecule has 2 N–H and O–H groups in total. The highest BCUT2D eigenvalue weighted by Gasteiger charge is 2.41. The van der Waals surface area contributed by atoms with Gasteiger partial charge in [-0.15, -0.1) is 0 Å². The number of benzene rings is 2. The molecule has 2 fully saturated rings. The number of alkyl halides is 2. The summed E-state index contributed by atoms with van der Waals surface area (Å²) >= 11 is 0. The number of amides is 2. The van der Waals surface area contributed by atoms with E-state index in [1.165, 1.54) is 0 Å². The van der Waals surface area contributed by atoms with Gasteiger partial charge in [0, 0.05) is 36.8 Å². The first-order valence-corrected chi connectivity index (χ1v) is 11.8. The fraction of sp³-hybridized carbons (Fsp3) is 0.423. The molecule has 8 heteroatoms. The number of hydrogen-bond donors (Lipinski definition) is 1. The van der Waals surface area contributed by atoms with Crippen molar-refractivity contribution in [1.29, 1.82) is 0 Å². The van der Waals surface area contributed by atoms with E-state index in [2.05, 4.69) is 5.10 Å². The number of aromatic nitrogens is 2. The summed E-state index contributed by atoms with van der Waals surface area (Å²) in [5.41, 5.74) is 8.05. The van der Waals surface area contributed by atoms with Crippen molar-refractivity contribution < 1.29 is 18.4 Å². The van der Waals surface area contributed by atoms with Crippen LogP contribution in [0, 0.1) is 5.92 Å². The lowest BCUT2D eigenvalue weighted by molar-refractivity contribution is -0.119. The fourth-order valence-electron chi connectivity index (χ4n) is 5.51. The zero-order chi connectivity index (χ0) is 23.9. The summed E-state index contributed by atoms with van der Waals surface area (Å²) in [7, 11) is 0. The van der Waals surface area contributed by atoms with Gasteiger partial charge in [-0.3, -0.25) is 14.3 Å². The Kier molecular flexibility index (Phi) is 5.83. The Morgan fingerprint density at radius 1 is 1.12 bits per heavy atom. The number of nitrogens with zero attached hydrogens (tertiary/aromatic N) is 3. The van der Waals surface area contributed by atoms with Gasteiger partial charge < -0.3 is 10.6 Å². The van der Waals surface area contributed by atoms with Gasteiger partial charge in [-0.2, -0.15) is 5.10 Å². The van der Waals surface area contributed by atoms with Crippen LogP contribution in [0.15, 0.2) is 54.7 Å². The van der Waals surface area contributed by atoms with E-state index in [9.17, 15) is 18.4 Å². The normalized spacial score (nSPS) is 23.0. The molecule has 2 atom stereocenters. The summed E-state index contributed by atoms with van der Waals surface area (Å²) in [4.78, 5) is 26.4. The Morgan fingerprint density at radius 2 is 1.85 bits per heavy atom. The summed E-state index contributed by atoms with van der Waals surface area (Å²) in [6.45, 7) is 0. The van der Waals surface area contributed by atoms with Crippen LogP contribution in [-0.4, -0.2) is 27.5 Å². The van der Waals surface area contributed by atoms with Crippen molar-refractivity contribution in [2.45, 2.75) is 63.0 Å². The molecule has 0 spiro atoms. The number of primary amides is 1. The number of halogens is 2. The van der Waals surface area contributed by atoms with Crippen LogP contribution in [0.1, 0.15) is 62.6 Å². The SMILES string of the molecule is NC(=O)CCC1CC(=O)N(c2ccc3c(cnn3C3CCC(F)(F)CC3)c2)C1c1ccccc1. The predicted octanol–water partition coefficient (Wildman–Crippen LogP) is 5.15. The predicted molar refractivity (Wildman–Crippen MR) is 125 cm³/mol. The molecule has 6 nitrogen and oxygen atoms in total. The third kappa shape index (κ3) is 4.29. The number of anilines is 1. The Balaban J connectivity index is 1.46. The molecular weight excluding hydrogens is 438 g/mol. The molecule has 2 heterocycles. The molecule has 1 saturated carbocycles. The average molecular weight is 467 g/mol. The average Bonchev–Trinajstić information content (AvgIpc) is 3.38. The molecule has 3 aromatic rings. The van der Waals surface area contributed by atoms with Crippen LogP contribution in [0.4, 0.5) is 14.5 Å². The van der Waals surface area contributed by atoms with Crippen molar-refractivity contribution >= 4 is 28.4 Å². The topological polar surface area (TPSA) is 81.2 Å². The maximum absolute atomic E-state index is 13.6. The van der Waals surface area contributed by atoms with Crippen molar-refractivity contribution in [1.82, 2.24) is 9.78 Å². The van der Waals surface area contributed by atoms with E-state index >= 15 is 0 Å². The van der Waals surface area contributed by atoms with Crippen LogP contribution in [0.25, 0.3) is 10.9 Å². The van der Waals surface area contributed by atoms with Gasteiger partial charge in [0.1, 0.15) is 0 Å². The molecule has 1 aromatic heterocycles. The molecule has 178 valence electrons. The maximum atomic E-state index is 13.6. The van der Waals surface area contributed by atoms with E-state index in [-0.39, 0.29) is 49.1 Å². The van der Waals surface area contributed by atoms with Gasteiger partial charge in [-0.05, 0) is 48.9 Å². The Morgan fingerprint density at radius 3 is 2.56 bits per heavy atom. The molecule has 0 bridgehead atoms. The molecule has 2 aromatic carbocycles. The van der Waals surface area contributed by atoms with Gasteiger partial charge >= 0.3 is 0 Å². The highest BCUT2D eigenvalue weighted by molar-refractivity contribution is 5.99. The van der Waals surface area contributed by atoms with Crippen molar-refractivity contribution in [2.24, 2.45) is 11.7 Å². The number of fused-ring (bicyclic) bond motifs is 1. The largest absolute Gasteiger partial charge is 0.370 e. The standard InChI is InChI=1S/C26H28F2N4O2/c27-26(28)12-10-20(11-13-26)32-22-8-7-21(14-19(22)16-30-32)31-24(34)15-18(6-9-23(29)33)25(31)17-4-2-1-3-5-17/h1-5,7-8,14,16,18,20,25H,6,9-13,15H2,(H2,29,33). The third-order valence-electron chi connectivity index (χ3n) is 7.22. The number of carbonyl (C=O) groups is 2. The first-order valence-electron chi connectivity index (χ1n) is 11.8. The number of nitrogens with two attached hydrogens (primary N) is 1. The van der Waals surface area contributed by atoms with Crippen LogP contribution in [0.5, 0.6) is 0 Å². The maximum Gasteiger partial charge on any atom is 0.248 e. The molecule has 1 aliphatic carbocycles. The van der Waals surface area contributed by atoms with Crippen LogP contribution < -0.4 is 10.6 Å². The van der Waals surface area contributed by atoms with Gasteiger partial charge in [0.25, 0.3) is 0 Å². The van der Waals surface area contributed by atoms with E-state index in [0.717, 1.165) is 22.2 Å². The van der Waals surface area contributed by atoms with Gasteiger partial charge in [0.05, 0.1) is 23.8 Å². The van der Waals surface area contributed by atoms with E-state index in [1.807, 2.05) is 58.1 Å². The van der Waals surface area contributed by atoms with Crippen LogP contribution in [0.3, 0.4) is 0 Å². The Hall–Kier alpha value is -3.29. The summed E-state index contributed by atoms with van der Waals surface area (Å²) in [6.07, 6.45) is 3.43. The third-order valence-corrected chi connectivity index (χ3v) is 7.22. The monoisotopic (exact) mass is 466 g/mol. The second-order valence-corrected chi connectivity index (χ2v) is 9.51. The van der Waals surface area contributed by atoms with Gasteiger partial charge in [0.15, 0.2) is 0 Å². The lowest BCUT2D eigenvalue weighted by atomic mass is 9.89. The summed E-state index contributed by atoms with van der Waals surface area (Å²) in [6, 6.07) is 15.4. The fourth-order valence-corrected chi connectivity index (χ4v) is 5.51. The number of rotatable bonds is 6. The minimum atomic E-state index is -2.58. The molecule has 2 aliphatic rings. The lowest BCUT2D eigenvalue weighted by Gasteiger charge is -2.30. The molecule has 5 rings (SSSR count). The van der Waals surface area contributed by atoms with Crippen molar-refractivity contribution in [3.8, 4) is 0 Å². The zero-order valence-corrected chi connectivity index (χ0v) is 18.9. The van der Waals surface area contributed by atoms with E-state index in [1.54, 1.807) is 6.20 Å². The quantitative estimate of drug-likeness (QED) is 0.546. The van der Waals surface area contributed by atoms with Gasteiger partial charge in [-0.1, -0.05) is 30.3 Å². The molecule has 1 aliphatic heterocycles. The molecule has 2 amide bonds. The number of hydrogen-bond acceptors (Lipinski definition) is 3. The van der Waals surface area contributed by atoms with Crippen molar-refractivity contribution in [3.63, 3.8) is 0 Å². The minimum Gasteiger partial charge on any atom is -0.370 e. The van der Waals surface area contributed by atoms with Gasteiger partial charge in [-0.25, -0.2) is 8.78 Å². The van der Waals surface area contributed by atoms with E-state index in [0.29, 0.717) is 25.7 Å². The zero-order valence-electron chi connectivity index (χ0n) is 18.9. The molecule has 0 radical (unpaired) electrons. The van der Waals surface area contributed by atoms with E-state index in [4.69, 9.17) is 5.73 Å². The minimum absolute atomic E-state index is 0.00424. The Bertz CT molecular complexity index is 1200. The van der Waals surface area contributed by atoms with Crippen LogP contribution in [-0.2, 0) is 9.59 Å².